The molecule has 1 aliphatic rings. The second kappa shape index (κ2) is 6.06. The van der Waals surface area contributed by atoms with Gasteiger partial charge in [-0.3, -0.25) is 9.59 Å². The zero-order valence-electron chi connectivity index (χ0n) is 15.2. The smallest absolute Gasteiger partial charge is 0.311 e. The Balaban J connectivity index is 1.93. The Labute approximate surface area is 147 Å². The van der Waals surface area contributed by atoms with Crippen LogP contribution in [0.1, 0.15) is 40.7 Å². The number of aryl methyl sites for hydroxylation is 2. The molecule has 25 heavy (non-hydrogen) atoms. The largest absolute Gasteiger partial charge is 0.481 e. The number of carboxylic acids is 1. The average molecular weight is 340 g/mol. The molecule has 1 atom stereocenters. The van der Waals surface area contributed by atoms with E-state index in [2.05, 4.69) is 10.6 Å². The standard InChI is InChI=1S/C20H24N2O3/c1-13-6-5-7-16(10-13)22-14(2)11-17(15(22)3)18(23)21-9-8-20(4,12-21)19(24)25/h5-7,10-11H,8-9,12H2,1-4H3,(H,24,25). The van der Waals surface area contributed by atoms with E-state index in [9.17, 15) is 14.7 Å². The number of hydrogen-bond donors (Lipinski definition) is 1. The van der Waals surface area contributed by atoms with Crippen LogP contribution in [-0.4, -0.2) is 39.5 Å². The third kappa shape index (κ3) is 2.95. The van der Waals surface area contributed by atoms with E-state index in [-0.39, 0.29) is 12.5 Å². The normalized spacial score (nSPS) is 20.1. The highest BCUT2D eigenvalue weighted by Crippen LogP contribution is 2.32. The van der Waals surface area contributed by atoms with Crippen molar-refractivity contribution < 1.29 is 14.7 Å². The molecule has 0 saturated carbocycles. The van der Waals surface area contributed by atoms with Gasteiger partial charge in [0.1, 0.15) is 0 Å². The van der Waals surface area contributed by atoms with E-state index in [1.807, 2.05) is 45.0 Å². The Hall–Kier alpha value is -2.56. The van der Waals surface area contributed by atoms with Crippen molar-refractivity contribution in [2.45, 2.75) is 34.1 Å². The van der Waals surface area contributed by atoms with Gasteiger partial charge in [0.2, 0.25) is 0 Å². The van der Waals surface area contributed by atoms with Crippen LogP contribution in [0, 0.1) is 26.2 Å². The van der Waals surface area contributed by atoms with Gasteiger partial charge in [-0.25, -0.2) is 0 Å². The van der Waals surface area contributed by atoms with Crippen LogP contribution in [0.15, 0.2) is 30.3 Å². The number of benzene rings is 1. The molecule has 1 aromatic heterocycles. The Morgan fingerprint density at radius 2 is 1.88 bits per heavy atom. The zero-order valence-corrected chi connectivity index (χ0v) is 15.2. The molecule has 2 heterocycles. The fourth-order valence-electron chi connectivity index (χ4n) is 3.62. The van der Waals surface area contributed by atoms with E-state index in [4.69, 9.17) is 0 Å². The van der Waals surface area contributed by atoms with E-state index in [1.54, 1.807) is 11.8 Å². The number of nitrogens with zero attached hydrogens (tertiary/aromatic N) is 2. The Bertz CT molecular complexity index is 853. The molecule has 1 aromatic carbocycles. The van der Waals surface area contributed by atoms with Crippen molar-refractivity contribution in [1.29, 1.82) is 0 Å². The number of amides is 1. The number of carbonyl (C=O) groups is 2. The number of carbonyl (C=O) groups excluding carboxylic acids is 1. The number of aliphatic carboxylic acids is 1. The lowest BCUT2D eigenvalue weighted by Crippen LogP contribution is -2.35. The van der Waals surface area contributed by atoms with E-state index in [1.165, 1.54) is 0 Å². The zero-order chi connectivity index (χ0) is 18.4. The summed E-state index contributed by atoms with van der Waals surface area (Å²) in [4.78, 5) is 26.1. The lowest BCUT2D eigenvalue weighted by Gasteiger charge is -2.20. The SMILES string of the molecule is Cc1cccc(-n2c(C)cc(C(=O)N3CCC(C)(C(=O)O)C3)c2C)c1. The monoisotopic (exact) mass is 340 g/mol. The topological polar surface area (TPSA) is 62.5 Å². The molecule has 5 heteroatoms. The first-order chi connectivity index (χ1) is 11.7. The molecule has 1 N–H and O–H groups in total. The van der Waals surface area contributed by atoms with Crippen LogP contribution in [0.4, 0.5) is 0 Å². The van der Waals surface area contributed by atoms with Crippen LogP contribution in [0.25, 0.3) is 5.69 Å². The number of rotatable bonds is 3. The van der Waals surface area contributed by atoms with Gasteiger partial charge in [0.05, 0.1) is 11.0 Å². The quantitative estimate of drug-likeness (QED) is 0.932. The van der Waals surface area contributed by atoms with Crippen molar-refractivity contribution in [1.82, 2.24) is 9.47 Å². The summed E-state index contributed by atoms with van der Waals surface area (Å²) in [6, 6.07) is 10.1. The maximum Gasteiger partial charge on any atom is 0.311 e. The number of carboxylic acid groups (broad SMARTS) is 1. The summed E-state index contributed by atoms with van der Waals surface area (Å²) in [6.07, 6.45) is 0.491. The molecule has 1 saturated heterocycles. The molecule has 132 valence electrons. The highest BCUT2D eigenvalue weighted by molar-refractivity contribution is 5.96. The molecule has 2 aromatic rings. The Kier molecular flexibility index (Phi) is 4.19. The summed E-state index contributed by atoms with van der Waals surface area (Å²) in [6.45, 7) is 8.41. The van der Waals surface area contributed by atoms with Crippen molar-refractivity contribution in [3.8, 4) is 5.69 Å². The van der Waals surface area contributed by atoms with Crippen molar-refractivity contribution >= 4 is 11.9 Å². The summed E-state index contributed by atoms with van der Waals surface area (Å²) in [5, 5.41) is 9.38. The van der Waals surface area contributed by atoms with Crippen LogP contribution in [-0.2, 0) is 4.79 Å². The summed E-state index contributed by atoms with van der Waals surface area (Å²) in [7, 11) is 0. The van der Waals surface area contributed by atoms with E-state index in [0.717, 1.165) is 22.6 Å². The van der Waals surface area contributed by atoms with Crippen LogP contribution in [0.3, 0.4) is 0 Å². The van der Waals surface area contributed by atoms with E-state index < -0.39 is 11.4 Å². The molecule has 1 unspecified atom stereocenters. The van der Waals surface area contributed by atoms with Crippen LogP contribution < -0.4 is 0 Å². The predicted octanol–water partition coefficient (Wildman–Crippen LogP) is 3.34. The van der Waals surface area contributed by atoms with Gasteiger partial charge in [-0.15, -0.1) is 0 Å². The number of aromatic nitrogens is 1. The van der Waals surface area contributed by atoms with Gasteiger partial charge >= 0.3 is 5.97 Å². The molecule has 1 amide bonds. The number of likely N-dealkylation sites (tertiary alicyclic amines) is 1. The van der Waals surface area contributed by atoms with Gasteiger partial charge in [-0.1, -0.05) is 12.1 Å². The molecule has 1 aliphatic heterocycles. The number of hydrogen-bond acceptors (Lipinski definition) is 2. The molecular formula is C20H24N2O3. The van der Waals surface area contributed by atoms with Gasteiger partial charge in [0.15, 0.2) is 0 Å². The minimum atomic E-state index is -0.849. The summed E-state index contributed by atoms with van der Waals surface area (Å²) < 4.78 is 2.08. The van der Waals surface area contributed by atoms with Crippen molar-refractivity contribution in [3.63, 3.8) is 0 Å². The van der Waals surface area contributed by atoms with E-state index in [0.29, 0.717) is 18.5 Å². The van der Waals surface area contributed by atoms with Gasteiger partial charge < -0.3 is 14.6 Å². The molecule has 0 bridgehead atoms. The summed E-state index contributed by atoms with van der Waals surface area (Å²) in [5.74, 6) is -0.926. The first kappa shape index (κ1) is 17.3. The molecule has 5 nitrogen and oxygen atoms in total. The lowest BCUT2D eigenvalue weighted by molar-refractivity contribution is -0.147. The lowest BCUT2D eigenvalue weighted by atomic mass is 9.90. The van der Waals surface area contributed by atoms with Crippen LogP contribution >= 0.6 is 0 Å². The van der Waals surface area contributed by atoms with Crippen molar-refractivity contribution in [3.05, 3.63) is 52.8 Å². The van der Waals surface area contributed by atoms with Crippen LogP contribution in [0.2, 0.25) is 0 Å². The Morgan fingerprint density at radius 3 is 2.48 bits per heavy atom. The predicted molar refractivity (Wildman–Crippen MR) is 96.2 cm³/mol. The Morgan fingerprint density at radius 1 is 1.16 bits per heavy atom. The maximum absolute atomic E-state index is 13.0. The average Bonchev–Trinajstić information content (AvgIpc) is 3.08. The molecule has 3 rings (SSSR count). The summed E-state index contributed by atoms with van der Waals surface area (Å²) in [5.41, 5.74) is 3.87. The van der Waals surface area contributed by atoms with Gasteiger partial charge in [0, 0.05) is 30.2 Å². The first-order valence-corrected chi connectivity index (χ1v) is 8.51. The third-order valence-electron chi connectivity index (χ3n) is 5.20. The molecule has 0 aliphatic carbocycles. The van der Waals surface area contributed by atoms with Gasteiger partial charge in [0.25, 0.3) is 5.91 Å². The second-order valence-electron chi connectivity index (χ2n) is 7.30. The van der Waals surface area contributed by atoms with E-state index >= 15 is 0 Å². The third-order valence-corrected chi connectivity index (χ3v) is 5.20. The maximum atomic E-state index is 13.0. The minimum absolute atomic E-state index is 0.0861. The second-order valence-corrected chi connectivity index (χ2v) is 7.30. The van der Waals surface area contributed by atoms with Crippen molar-refractivity contribution in [2.24, 2.45) is 5.41 Å². The highest BCUT2D eigenvalue weighted by atomic mass is 16.4. The highest BCUT2D eigenvalue weighted by Gasteiger charge is 2.42. The van der Waals surface area contributed by atoms with Crippen molar-refractivity contribution in [2.75, 3.05) is 13.1 Å². The molecule has 0 spiro atoms. The fourth-order valence-corrected chi connectivity index (χ4v) is 3.62. The molecular weight excluding hydrogens is 316 g/mol. The first-order valence-electron chi connectivity index (χ1n) is 8.51. The molecule has 0 radical (unpaired) electrons. The minimum Gasteiger partial charge on any atom is -0.481 e. The van der Waals surface area contributed by atoms with Crippen LogP contribution in [0.5, 0.6) is 0 Å². The molecule has 1 fully saturated rings. The fraction of sp³-hybridized carbons (Fsp3) is 0.400. The van der Waals surface area contributed by atoms with Gasteiger partial charge in [-0.05, 0) is 57.9 Å². The van der Waals surface area contributed by atoms with Gasteiger partial charge in [-0.2, -0.15) is 0 Å². The summed E-state index contributed by atoms with van der Waals surface area (Å²) >= 11 is 0.